The Kier molecular flexibility index (Phi) is 2.14. The minimum atomic E-state index is -1.42. The molecule has 0 spiro atoms. The number of aliphatic hydroxyl groups excluding tert-OH is 1. The van der Waals surface area contributed by atoms with Crippen LogP contribution in [0.15, 0.2) is 11.8 Å². The van der Waals surface area contributed by atoms with E-state index in [1.54, 1.807) is 0 Å². The number of rotatable bonds is 1. The number of carboxylic acids is 1. The van der Waals surface area contributed by atoms with Crippen molar-refractivity contribution in [1.29, 1.82) is 5.26 Å². The van der Waals surface area contributed by atoms with Crippen molar-refractivity contribution < 1.29 is 15.0 Å². The zero-order valence-electron chi connectivity index (χ0n) is 3.83. The van der Waals surface area contributed by atoms with E-state index in [1.807, 2.05) is 0 Å². The van der Waals surface area contributed by atoms with Crippen LogP contribution in [0.3, 0.4) is 0 Å². The van der Waals surface area contributed by atoms with Crippen LogP contribution >= 0.6 is 0 Å². The Bertz CT molecular complexity index is 165. The summed E-state index contributed by atoms with van der Waals surface area (Å²) in [6.07, 6.45) is 0.252. The molecular weight excluding hydrogens is 110 g/mol. The molecule has 4 nitrogen and oxygen atoms in total. The third-order valence-corrected chi connectivity index (χ3v) is 0.480. The van der Waals surface area contributed by atoms with E-state index in [9.17, 15) is 4.79 Å². The summed E-state index contributed by atoms with van der Waals surface area (Å²) in [5.41, 5.74) is -0.662. The zero-order valence-corrected chi connectivity index (χ0v) is 3.83. The van der Waals surface area contributed by atoms with E-state index in [4.69, 9.17) is 15.5 Å². The summed E-state index contributed by atoms with van der Waals surface area (Å²) in [6, 6.07) is 1.26. The van der Waals surface area contributed by atoms with Crippen LogP contribution in [0, 0.1) is 11.3 Å². The maximum Gasteiger partial charge on any atom is 0.349 e. The summed E-state index contributed by atoms with van der Waals surface area (Å²) >= 11 is 0. The van der Waals surface area contributed by atoms with Crippen molar-refractivity contribution in [3.05, 3.63) is 11.8 Å². The number of nitriles is 1. The van der Waals surface area contributed by atoms with E-state index in [-0.39, 0.29) is 6.26 Å². The summed E-state index contributed by atoms with van der Waals surface area (Å²) in [4.78, 5) is 9.71. The Morgan fingerprint density at radius 3 is 2.25 bits per heavy atom. The summed E-state index contributed by atoms with van der Waals surface area (Å²) in [5, 5.41) is 23.7. The summed E-state index contributed by atoms with van der Waals surface area (Å²) in [7, 11) is 0. The Morgan fingerprint density at radius 2 is 2.25 bits per heavy atom. The number of carboxylic acid groups (broad SMARTS) is 1. The molecule has 0 aromatic heterocycles. The SMILES string of the molecule is N#C/C(=C\O)C(=O)O. The lowest BCUT2D eigenvalue weighted by atomic mass is 10.3. The van der Waals surface area contributed by atoms with Gasteiger partial charge in [-0.2, -0.15) is 5.26 Å². The van der Waals surface area contributed by atoms with Crippen molar-refractivity contribution in [2.24, 2.45) is 0 Å². The van der Waals surface area contributed by atoms with Gasteiger partial charge in [-0.05, 0) is 0 Å². The Labute approximate surface area is 45.3 Å². The second kappa shape index (κ2) is 2.64. The molecule has 0 saturated carbocycles. The van der Waals surface area contributed by atoms with Gasteiger partial charge >= 0.3 is 5.97 Å². The minimum absolute atomic E-state index is 0.252. The maximum atomic E-state index is 9.71. The lowest BCUT2D eigenvalue weighted by Gasteiger charge is -1.80. The third-order valence-electron chi connectivity index (χ3n) is 0.480. The van der Waals surface area contributed by atoms with E-state index < -0.39 is 11.5 Å². The normalized spacial score (nSPS) is 10.1. The summed E-state index contributed by atoms with van der Waals surface area (Å²) in [5.74, 6) is -1.42. The highest BCUT2D eigenvalue weighted by Crippen LogP contribution is 1.86. The van der Waals surface area contributed by atoms with Crippen molar-refractivity contribution in [1.82, 2.24) is 0 Å². The number of hydrogen-bond donors (Lipinski definition) is 2. The predicted molar refractivity (Wildman–Crippen MR) is 24.0 cm³/mol. The van der Waals surface area contributed by atoms with Crippen LogP contribution in [0.4, 0.5) is 0 Å². The second-order valence-corrected chi connectivity index (χ2v) is 0.960. The summed E-state index contributed by atoms with van der Waals surface area (Å²) in [6.45, 7) is 0. The van der Waals surface area contributed by atoms with E-state index in [0.29, 0.717) is 0 Å². The molecule has 0 bridgehead atoms. The number of nitrogens with zero attached hydrogens (tertiary/aromatic N) is 1. The quantitative estimate of drug-likeness (QED) is 0.285. The molecule has 0 unspecified atom stereocenters. The number of hydrogen-bond acceptors (Lipinski definition) is 3. The fraction of sp³-hybridized carbons (Fsp3) is 0. The van der Waals surface area contributed by atoms with Gasteiger partial charge in [-0.15, -0.1) is 0 Å². The molecule has 0 rings (SSSR count). The molecular formula is C4H3NO3. The lowest BCUT2D eigenvalue weighted by molar-refractivity contribution is -0.132. The molecule has 0 radical (unpaired) electrons. The van der Waals surface area contributed by atoms with Crippen molar-refractivity contribution in [2.45, 2.75) is 0 Å². The van der Waals surface area contributed by atoms with Gasteiger partial charge in [-0.25, -0.2) is 4.79 Å². The van der Waals surface area contributed by atoms with Crippen LogP contribution in [-0.2, 0) is 4.79 Å². The van der Waals surface area contributed by atoms with E-state index in [0.717, 1.165) is 0 Å². The van der Waals surface area contributed by atoms with Gasteiger partial charge in [-0.3, -0.25) is 0 Å². The zero-order chi connectivity index (χ0) is 6.57. The first kappa shape index (κ1) is 6.50. The summed E-state index contributed by atoms with van der Waals surface area (Å²) < 4.78 is 0. The first-order chi connectivity index (χ1) is 3.72. The lowest BCUT2D eigenvalue weighted by Crippen LogP contribution is -1.96. The Hall–Kier alpha value is -1.50. The van der Waals surface area contributed by atoms with E-state index >= 15 is 0 Å². The van der Waals surface area contributed by atoms with Gasteiger partial charge in [0, 0.05) is 0 Å². The molecule has 0 aromatic carbocycles. The average Bonchev–Trinajstić information content (AvgIpc) is 1.69. The van der Waals surface area contributed by atoms with Gasteiger partial charge in [0.2, 0.25) is 0 Å². The highest BCUT2D eigenvalue weighted by molar-refractivity contribution is 5.90. The highest BCUT2D eigenvalue weighted by Gasteiger charge is 2.02. The topological polar surface area (TPSA) is 81.3 Å². The molecule has 42 valence electrons. The molecule has 2 N–H and O–H groups in total. The van der Waals surface area contributed by atoms with Crippen LogP contribution in [0.25, 0.3) is 0 Å². The Morgan fingerprint density at radius 1 is 1.75 bits per heavy atom. The van der Waals surface area contributed by atoms with Crippen molar-refractivity contribution in [3.8, 4) is 6.07 Å². The fourth-order valence-electron chi connectivity index (χ4n) is 0.132. The van der Waals surface area contributed by atoms with Crippen molar-refractivity contribution >= 4 is 5.97 Å². The number of aliphatic hydroxyl groups is 1. The number of carbonyl (C=O) groups is 1. The first-order valence-electron chi connectivity index (χ1n) is 1.70. The maximum absolute atomic E-state index is 9.71. The molecule has 0 aromatic rings. The van der Waals surface area contributed by atoms with Crippen LogP contribution in [0.1, 0.15) is 0 Å². The highest BCUT2D eigenvalue weighted by atomic mass is 16.4. The second-order valence-electron chi connectivity index (χ2n) is 0.960. The van der Waals surface area contributed by atoms with Crippen LogP contribution in [0.2, 0.25) is 0 Å². The van der Waals surface area contributed by atoms with Gasteiger partial charge in [-0.1, -0.05) is 0 Å². The van der Waals surface area contributed by atoms with Crippen LogP contribution < -0.4 is 0 Å². The van der Waals surface area contributed by atoms with Crippen molar-refractivity contribution in [2.75, 3.05) is 0 Å². The van der Waals surface area contributed by atoms with Gasteiger partial charge in [0.25, 0.3) is 0 Å². The molecule has 0 aliphatic heterocycles. The first-order valence-corrected chi connectivity index (χ1v) is 1.70. The molecule has 0 atom stereocenters. The van der Waals surface area contributed by atoms with Gasteiger partial charge in [0.1, 0.15) is 12.3 Å². The van der Waals surface area contributed by atoms with Gasteiger partial charge < -0.3 is 10.2 Å². The smallest absolute Gasteiger partial charge is 0.349 e. The van der Waals surface area contributed by atoms with Crippen LogP contribution in [-0.4, -0.2) is 16.2 Å². The monoisotopic (exact) mass is 113 g/mol. The third kappa shape index (κ3) is 1.30. The van der Waals surface area contributed by atoms with Gasteiger partial charge in [0.05, 0.1) is 0 Å². The fourth-order valence-corrected chi connectivity index (χ4v) is 0.132. The number of aliphatic carboxylic acids is 1. The van der Waals surface area contributed by atoms with E-state index in [2.05, 4.69) is 0 Å². The Balaban J connectivity index is 4.20. The predicted octanol–water partition coefficient (Wildman–Crippen LogP) is 0.0365. The average molecular weight is 113 g/mol. The largest absolute Gasteiger partial charge is 0.514 e. The van der Waals surface area contributed by atoms with Gasteiger partial charge in [0.15, 0.2) is 5.57 Å². The molecule has 4 heteroatoms. The molecule has 8 heavy (non-hydrogen) atoms. The van der Waals surface area contributed by atoms with Crippen LogP contribution in [0.5, 0.6) is 0 Å². The molecule has 0 aliphatic carbocycles. The molecule has 0 amide bonds. The molecule has 0 heterocycles. The molecule has 0 fully saturated rings. The molecule has 0 aliphatic rings. The minimum Gasteiger partial charge on any atom is -0.514 e. The van der Waals surface area contributed by atoms with E-state index in [1.165, 1.54) is 6.07 Å². The standard InChI is InChI=1S/C4H3NO3/c5-1-3(2-6)4(7)8/h2,6H,(H,7,8)/b3-2+. The van der Waals surface area contributed by atoms with Crippen molar-refractivity contribution in [3.63, 3.8) is 0 Å². The molecule has 0 saturated heterocycles.